The SMILES string of the molecule is O=C(Nc1sc2c(c1C(=O)O)CCCC2)C1=CC2OCOC2C=C1. The maximum absolute atomic E-state index is 12.5. The molecule has 2 aliphatic carbocycles. The summed E-state index contributed by atoms with van der Waals surface area (Å²) in [5, 5.41) is 12.8. The van der Waals surface area contributed by atoms with E-state index in [0.29, 0.717) is 10.6 Å². The number of rotatable bonds is 3. The third-order valence-corrected chi connectivity index (χ3v) is 5.74. The Morgan fingerprint density at radius 2 is 2.00 bits per heavy atom. The molecule has 7 heteroatoms. The molecular formula is C17H17NO5S. The Kier molecular flexibility index (Phi) is 3.99. The van der Waals surface area contributed by atoms with Crippen LogP contribution in [0.4, 0.5) is 5.00 Å². The van der Waals surface area contributed by atoms with Gasteiger partial charge in [-0.25, -0.2) is 4.79 Å². The zero-order valence-corrected chi connectivity index (χ0v) is 13.7. The van der Waals surface area contributed by atoms with Crippen LogP contribution in [-0.4, -0.2) is 36.0 Å². The molecule has 0 aromatic carbocycles. The Morgan fingerprint density at radius 3 is 2.83 bits per heavy atom. The van der Waals surface area contributed by atoms with Crippen LogP contribution in [0.1, 0.15) is 33.6 Å². The molecule has 1 aromatic heterocycles. The van der Waals surface area contributed by atoms with Crippen molar-refractivity contribution >= 4 is 28.2 Å². The third-order valence-electron chi connectivity index (χ3n) is 4.53. The average Bonchev–Trinajstić information content (AvgIpc) is 3.17. The molecule has 1 saturated heterocycles. The van der Waals surface area contributed by atoms with Gasteiger partial charge in [0.25, 0.3) is 5.91 Å². The molecule has 0 radical (unpaired) electrons. The predicted molar refractivity (Wildman–Crippen MR) is 88.4 cm³/mol. The number of aromatic carboxylic acids is 1. The van der Waals surface area contributed by atoms with Gasteiger partial charge in [0.2, 0.25) is 0 Å². The summed E-state index contributed by atoms with van der Waals surface area (Å²) < 4.78 is 10.7. The van der Waals surface area contributed by atoms with E-state index in [0.717, 1.165) is 36.1 Å². The van der Waals surface area contributed by atoms with E-state index in [2.05, 4.69) is 5.32 Å². The standard InChI is InChI=1S/C17H17NO5S/c19-15(9-5-6-11-12(7-9)23-8-22-11)18-16-14(17(20)21)10-3-1-2-4-13(10)24-16/h5-7,11-12H,1-4,8H2,(H,18,19)(H,20,21). The Bertz CT molecular complexity index is 763. The summed E-state index contributed by atoms with van der Waals surface area (Å²) in [6, 6.07) is 0. The van der Waals surface area contributed by atoms with Gasteiger partial charge in [0.1, 0.15) is 24.0 Å². The third kappa shape index (κ3) is 2.68. The van der Waals surface area contributed by atoms with Gasteiger partial charge in [0, 0.05) is 10.5 Å². The number of hydrogen-bond donors (Lipinski definition) is 2. The van der Waals surface area contributed by atoms with E-state index < -0.39 is 5.97 Å². The quantitative estimate of drug-likeness (QED) is 0.877. The first-order valence-electron chi connectivity index (χ1n) is 7.96. The Labute approximate surface area is 142 Å². The first kappa shape index (κ1) is 15.6. The lowest BCUT2D eigenvalue weighted by atomic mass is 9.95. The zero-order valence-electron chi connectivity index (χ0n) is 12.9. The fourth-order valence-corrected chi connectivity index (χ4v) is 4.61. The van der Waals surface area contributed by atoms with Gasteiger partial charge in [-0.2, -0.15) is 0 Å². The molecule has 2 heterocycles. The first-order valence-corrected chi connectivity index (χ1v) is 8.77. The van der Waals surface area contributed by atoms with Gasteiger partial charge in [0.15, 0.2) is 0 Å². The molecule has 1 amide bonds. The van der Waals surface area contributed by atoms with Crippen LogP contribution in [0, 0.1) is 0 Å². The summed E-state index contributed by atoms with van der Waals surface area (Å²) in [5.74, 6) is -1.30. The summed E-state index contributed by atoms with van der Waals surface area (Å²) >= 11 is 1.38. The summed E-state index contributed by atoms with van der Waals surface area (Å²) in [6.07, 6.45) is 8.51. The highest BCUT2D eigenvalue weighted by molar-refractivity contribution is 7.17. The first-order chi connectivity index (χ1) is 11.6. The number of nitrogens with one attached hydrogen (secondary N) is 1. The van der Waals surface area contributed by atoms with Crippen LogP contribution in [0.15, 0.2) is 23.8 Å². The van der Waals surface area contributed by atoms with E-state index in [4.69, 9.17) is 9.47 Å². The van der Waals surface area contributed by atoms with E-state index in [1.165, 1.54) is 11.3 Å². The van der Waals surface area contributed by atoms with Crippen molar-refractivity contribution in [2.24, 2.45) is 0 Å². The van der Waals surface area contributed by atoms with E-state index in [1.54, 1.807) is 18.2 Å². The highest BCUT2D eigenvalue weighted by Crippen LogP contribution is 2.38. The molecule has 0 bridgehead atoms. The number of amides is 1. The minimum absolute atomic E-state index is 0.148. The molecule has 2 unspecified atom stereocenters. The highest BCUT2D eigenvalue weighted by Gasteiger charge is 2.30. The fraction of sp³-hybridized carbons (Fsp3) is 0.412. The number of hydrogen-bond acceptors (Lipinski definition) is 5. The number of ether oxygens (including phenoxy) is 2. The molecule has 24 heavy (non-hydrogen) atoms. The topological polar surface area (TPSA) is 84.9 Å². The minimum Gasteiger partial charge on any atom is -0.478 e. The van der Waals surface area contributed by atoms with Crippen LogP contribution in [0.5, 0.6) is 0 Å². The number of carboxylic acid groups (broad SMARTS) is 1. The van der Waals surface area contributed by atoms with Gasteiger partial charge in [0.05, 0.1) is 5.56 Å². The van der Waals surface area contributed by atoms with Crippen LogP contribution in [0.2, 0.25) is 0 Å². The molecule has 3 aliphatic rings. The molecule has 126 valence electrons. The lowest BCUT2D eigenvalue weighted by Gasteiger charge is -2.16. The van der Waals surface area contributed by atoms with Crippen molar-refractivity contribution < 1.29 is 24.2 Å². The molecular weight excluding hydrogens is 330 g/mol. The number of anilines is 1. The van der Waals surface area contributed by atoms with E-state index in [1.807, 2.05) is 0 Å². The number of thiophene rings is 1. The molecule has 4 rings (SSSR count). The van der Waals surface area contributed by atoms with Gasteiger partial charge in [-0.05, 0) is 37.3 Å². The number of carbonyl (C=O) groups excluding carboxylic acids is 1. The fourth-order valence-electron chi connectivity index (χ4n) is 3.33. The lowest BCUT2D eigenvalue weighted by molar-refractivity contribution is -0.112. The van der Waals surface area contributed by atoms with Crippen molar-refractivity contribution in [3.8, 4) is 0 Å². The van der Waals surface area contributed by atoms with Crippen molar-refractivity contribution in [3.05, 3.63) is 39.8 Å². The van der Waals surface area contributed by atoms with Crippen molar-refractivity contribution in [3.63, 3.8) is 0 Å². The summed E-state index contributed by atoms with van der Waals surface area (Å²) in [6.45, 7) is 0.214. The Hall–Kier alpha value is -1.96. The maximum Gasteiger partial charge on any atom is 0.339 e. The van der Waals surface area contributed by atoms with E-state index >= 15 is 0 Å². The van der Waals surface area contributed by atoms with Crippen LogP contribution < -0.4 is 5.32 Å². The van der Waals surface area contributed by atoms with Crippen LogP contribution in [0.3, 0.4) is 0 Å². The van der Waals surface area contributed by atoms with Crippen LogP contribution >= 0.6 is 11.3 Å². The monoisotopic (exact) mass is 347 g/mol. The average molecular weight is 347 g/mol. The number of carboxylic acids is 1. The summed E-state index contributed by atoms with van der Waals surface area (Å²) in [5.41, 5.74) is 1.60. The van der Waals surface area contributed by atoms with Gasteiger partial charge in [-0.15, -0.1) is 11.3 Å². The maximum atomic E-state index is 12.5. The van der Waals surface area contributed by atoms with Gasteiger partial charge in [-0.3, -0.25) is 4.79 Å². The van der Waals surface area contributed by atoms with Crippen molar-refractivity contribution in [1.82, 2.24) is 0 Å². The Morgan fingerprint density at radius 1 is 1.21 bits per heavy atom. The molecule has 0 saturated carbocycles. The second-order valence-electron chi connectivity index (χ2n) is 6.04. The normalized spacial score (nSPS) is 24.9. The number of fused-ring (bicyclic) bond motifs is 2. The molecule has 1 fully saturated rings. The van der Waals surface area contributed by atoms with Gasteiger partial charge < -0.3 is 19.9 Å². The van der Waals surface area contributed by atoms with Crippen molar-refractivity contribution in [2.75, 3.05) is 12.1 Å². The van der Waals surface area contributed by atoms with Gasteiger partial charge in [-0.1, -0.05) is 12.2 Å². The molecule has 6 nitrogen and oxygen atoms in total. The van der Waals surface area contributed by atoms with E-state index in [9.17, 15) is 14.7 Å². The zero-order chi connectivity index (χ0) is 16.7. The lowest BCUT2D eigenvalue weighted by Crippen LogP contribution is -2.25. The minimum atomic E-state index is -0.981. The second kappa shape index (κ2) is 6.16. The molecule has 0 spiro atoms. The van der Waals surface area contributed by atoms with E-state index in [-0.39, 0.29) is 30.5 Å². The Balaban J connectivity index is 1.59. The summed E-state index contributed by atoms with van der Waals surface area (Å²) in [7, 11) is 0. The smallest absolute Gasteiger partial charge is 0.339 e. The molecule has 2 atom stereocenters. The highest BCUT2D eigenvalue weighted by atomic mass is 32.1. The van der Waals surface area contributed by atoms with Gasteiger partial charge >= 0.3 is 5.97 Å². The molecule has 2 N–H and O–H groups in total. The number of carbonyl (C=O) groups is 2. The largest absolute Gasteiger partial charge is 0.478 e. The molecule has 1 aliphatic heterocycles. The van der Waals surface area contributed by atoms with Crippen LogP contribution in [0.25, 0.3) is 0 Å². The van der Waals surface area contributed by atoms with Crippen molar-refractivity contribution in [2.45, 2.75) is 37.9 Å². The molecule has 1 aromatic rings. The predicted octanol–water partition coefficient (Wildman–Crippen LogP) is 2.50. The summed E-state index contributed by atoms with van der Waals surface area (Å²) in [4.78, 5) is 25.3. The second-order valence-corrected chi connectivity index (χ2v) is 7.14. The van der Waals surface area contributed by atoms with Crippen molar-refractivity contribution in [1.29, 1.82) is 0 Å². The number of aryl methyl sites for hydroxylation is 1. The van der Waals surface area contributed by atoms with Crippen LogP contribution in [-0.2, 0) is 27.1 Å².